The van der Waals surface area contributed by atoms with Gasteiger partial charge < -0.3 is 0 Å². The van der Waals surface area contributed by atoms with Gasteiger partial charge in [0.1, 0.15) is 5.25 Å². The highest BCUT2D eigenvalue weighted by atomic mass is 32.2. The second kappa shape index (κ2) is 7.19. The van der Waals surface area contributed by atoms with E-state index in [1.165, 1.54) is 28.9 Å². The molecule has 0 bridgehead atoms. The number of benzene rings is 2. The molecule has 0 saturated carbocycles. The summed E-state index contributed by atoms with van der Waals surface area (Å²) in [4.78, 5) is 36.5. The van der Waals surface area contributed by atoms with Crippen molar-refractivity contribution in [1.82, 2.24) is 20.2 Å². The van der Waals surface area contributed by atoms with Crippen LogP contribution in [0, 0.1) is 10.1 Å². The molecule has 1 fully saturated rings. The summed E-state index contributed by atoms with van der Waals surface area (Å²) < 4.78 is 1.50. The minimum absolute atomic E-state index is 0.0118. The number of nitrogens with zero attached hydrogens (tertiary/aromatic N) is 6. The zero-order valence-electron chi connectivity index (χ0n) is 14.2. The molecular weight excluding hydrogens is 384 g/mol. The molecule has 2 heterocycles. The van der Waals surface area contributed by atoms with Gasteiger partial charge in [0.25, 0.3) is 5.69 Å². The number of hydrogen-bond acceptors (Lipinski definition) is 8. The number of nitro benzene ring substituents is 1. The number of aromatic nitrogens is 4. The molecule has 1 aromatic heterocycles. The average Bonchev–Trinajstić information content (AvgIpc) is 3.27. The van der Waals surface area contributed by atoms with Crippen LogP contribution in [0.2, 0.25) is 0 Å². The topological polar surface area (TPSA) is 124 Å². The largest absolute Gasteiger partial charge is 0.274 e. The van der Waals surface area contributed by atoms with E-state index in [4.69, 9.17) is 0 Å². The van der Waals surface area contributed by atoms with Crippen LogP contribution in [0.15, 0.2) is 59.8 Å². The highest BCUT2D eigenvalue weighted by Crippen LogP contribution is 2.34. The quantitative estimate of drug-likeness (QED) is 0.364. The van der Waals surface area contributed by atoms with Crippen molar-refractivity contribution in [3.8, 4) is 5.69 Å². The van der Waals surface area contributed by atoms with Gasteiger partial charge in [-0.05, 0) is 34.7 Å². The van der Waals surface area contributed by atoms with Crippen molar-refractivity contribution in [2.75, 3.05) is 4.90 Å². The molecule has 1 aliphatic rings. The third kappa shape index (κ3) is 3.22. The Kier molecular flexibility index (Phi) is 4.57. The summed E-state index contributed by atoms with van der Waals surface area (Å²) in [6.45, 7) is 0. The maximum Gasteiger partial charge on any atom is 0.269 e. The summed E-state index contributed by atoms with van der Waals surface area (Å²) in [7, 11) is 0. The third-order valence-corrected chi connectivity index (χ3v) is 5.23. The molecule has 1 saturated heterocycles. The van der Waals surface area contributed by atoms with E-state index in [2.05, 4.69) is 15.5 Å². The van der Waals surface area contributed by atoms with Gasteiger partial charge in [0.05, 0.1) is 16.3 Å². The number of carbonyl (C=O) groups excluding carboxylic acids is 2. The Morgan fingerprint density at radius 1 is 1.04 bits per heavy atom. The van der Waals surface area contributed by atoms with E-state index < -0.39 is 16.1 Å². The number of tetrazole rings is 1. The van der Waals surface area contributed by atoms with Gasteiger partial charge >= 0.3 is 0 Å². The standard InChI is InChI=1S/C17H12N6O4S/c24-15-10-14(16(25)21(15)11-6-8-13(9-7-11)23(26)27)28-17-18-19-20-22(17)12-4-2-1-3-5-12/h1-9,14H,10H2/t14-/m0/s1. The minimum atomic E-state index is -0.684. The third-order valence-electron chi connectivity index (χ3n) is 4.11. The number of rotatable bonds is 5. The molecule has 3 aromatic rings. The van der Waals surface area contributed by atoms with Crippen LogP contribution < -0.4 is 4.90 Å². The molecule has 0 unspecified atom stereocenters. The number of para-hydroxylation sites is 1. The predicted octanol–water partition coefficient (Wildman–Crippen LogP) is 1.99. The Balaban J connectivity index is 1.55. The van der Waals surface area contributed by atoms with Crippen LogP contribution in [0.5, 0.6) is 0 Å². The predicted molar refractivity (Wildman–Crippen MR) is 99.0 cm³/mol. The van der Waals surface area contributed by atoms with Crippen LogP contribution in [-0.4, -0.2) is 42.2 Å². The molecule has 0 aliphatic carbocycles. The molecule has 11 heteroatoms. The van der Waals surface area contributed by atoms with Crippen molar-refractivity contribution in [2.45, 2.75) is 16.8 Å². The first-order valence-electron chi connectivity index (χ1n) is 8.16. The number of non-ortho nitro benzene ring substituents is 1. The van der Waals surface area contributed by atoms with Crippen LogP contribution in [0.3, 0.4) is 0 Å². The fourth-order valence-corrected chi connectivity index (χ4v) is 3.81. The number of carbonyl (C=O) groups is 2. The molecule has 0 radical (unpaired) electrons. The van der Waals surface area contributed by atoms with E-state index in [0.29, 0.717) is 10.8 Å². The maximum atomic E-state index is 12.8. The highest BCUT2D eigenvalue weighted by molar-refractivity contribution is 8.00. The van der Waals surface area contributed by atoms with Gasteiger partial charge in [0.2, 0.25) is 17.0 Å². The van der Waals surface area contributed by atoms with Crippen LogP contribution in [0.1, 0.15) is 6.42 Å². The molecule has 4 rings (SSSR count). The van der Waals surface area contributed by atoms with Crippen LogP contribution in [0.4, 0.5) is 11.4 Å². The van der Waals surface area contributed by atoms with E-state index in [1.54, 1.807) is 0 Å². The van der Waals surface area contributed by atoms with Gasteiger partial charge in [0.15, 0.2) is 0 Å². The van der Waals surface area contributed by atoms with E-state index in [1.807, 2.05) is 30.3 Å². The summed E-state index contributed by atoms with van der Waals surface area (Å²) >= 11 is 1.10. The number of nitro groups is 1. The fraction of sp³-hybridized carbons (Fsp3) is 0.118. The number of hydrogen-bond donors (Lipinski definition) is 0. The normalized spacial score (nSPS) is 16.6. The van der Waals surface area contributed by atoms with Crippen molar-refractivity contribution < 1.29 is 14.5 Å². The minimum Gasteiger partial charge on any atom is -0.274 e. The molecule has 10 nitrogen and oxygen atoms in total. The average molecular weight is 396 g/mol. The molecule has 2 amide bonds. The summed E-state index contributed by atoms with van der Waals surface area (Å²) in [5.74, 6) is -0.790. The van der Waals surface area contributed by atoms with Crippen molar-refractivity contribution in [3.63, 3.8) is 0 Å². The molecule has 28 heavy (non-hydrogen) atoms. The van der Waals surface area contributed by atoms with Gasteiger partial charge in [-0.25, -0.2) is 4.90 Å². The SMILES string of the molecule is O=C1C[C@H](Sc2nnnn2-c2ccccc2)C(=O)N1c1ccc([N+](=O)[O-])cc1. The summed E-state index contributed by atoms with van der Waals surface area (Å²) in [5.41, 5.74) is 0.918. The molecule has 0 spiro atoms. The molecule has 1 atom stereocenters. The molecule has 0 N–H and O–H groups in total. The Labute approximate surface area is 162 Å². The van der Waals surface area contributed by atoms with Gasteiger partial charge in [-0.15, -0.1) is 5.10 Å². The highest BCUT2D eigenvalue weighted by Gasteiger charge is 2.41. The molecular formula is C17H12N6O4S. The Hall–Kier alpha value is -3.60. The zero-order chi connectivity index (χ0) is 19.7. The smallest absolute Gasteiger partial charge is 0.269 e. The van der Waals surface area contributed by atoms with E-state index >= 15 is 0 Å². The van der Waals surface area contributed by atoms with Crippen LogP contribution in [0.25, 0.3) is 5.69 Å². The van der Waals surface area contributed by atoms with Crippen LogP contribution in [-0.2, 0) is 9.59 Å². The van der Waals surface area contributed by atoms with E-state index in [0.717, 1.165) is 22.3 Å². The second-order valence-corrected chi connectivity index (χ2v) is 7.03. The second-order valence-electron chi connectivity index (χ2n) is 5.86. The molecule has 2 aromatic carbocycles. The Bertz CT molecular complexity index is 1050. The lowest BCUT2D eigenvalue weighted by Crippen LogP contribution is -2.31. The summed E-state index contributed by atoms with van der Waals surface area (Å²) in [6, 6.07) is 14.5. The van der Waals surface area contributed by atoms with Crippen molar-refractivity contribution in [3.05, 3.63) is 64.7 Å². The Morgan fingerprint density at radius 3 is 2.43 bits per heavy atom. The zero-order valence-corrected chi connectivity index (χ0v) is 15.0. The fourth-order valence-electron chi connectivity index (χ4n) is 2.80. The molecule has 140 valence electrons. The van der Waals surface area contributed by atoms with E-state index in [-0.39, 0.29) is 18.0 Å². The lowest BCUT2D eigenvalue weighted by molar-refractivity contribution is -0.384. The van der Waals surface area contributed by atoms with Gasteiger partial charge in [-0.3, -0.25) is 19.7 Å². The van der Waals surface area contributed by atoms with Crippen molar-refractivity contribution in [1.29, 1.82) is 0 Å². The number of imide groups is 1. The van der Waals surface area contributed by atoms with Gasteiger partial charge in [-0.2, -0.15) is 4.68 Å². The number of thioether (sulfide) groups is 1. The summed E-state index contributed by atoms with van der Waals surface area (Å²) in [5, 5.41) is 22.0. The van der Waals surface area contributed by atoms with E-state index in [9.17, 15) is 19.7 Å². The van der Waals surface area contributed by atoms with Crippen LogP contribution >= 0.6 is 11.8 Å². The molecule has 1 aliphatic heterocycles. The van der Waals surface area contributed by atoms with Gasteiger partial charge in [0, 0.05) is 18.6 Å². The Morgan fingerprint density at radius 2 is 1.75 bits per heavy atom. The first-order valence-corrected chi connectivity index (χ1v) is 9.04. The summed E-state index contributed by atoms with van der Waals surface area (Å²) in [6.07, 6.45) is -0.0118. The van der Waals surface area contributed by atoms with Crippen molar-refractivity contribution >= 4 is 35.0 Å². The van der Waals surface area contributed by atoms with Crippen molar-refractivity contribution in [2.24, 2.45) is 0 Å². The van der Waals surface area contributed by atoms with Gasteiger partial charge in [-0.1, -0.05) is 30.0 Å². The lowest BCUT2D eigenvalue weighted by atomic mass is 10.2. The first-order chi connectivity index (χ1) is 13.5. The number of anilines is 1. The maximum absolute atomic E-state index is 12.8. The number of amides is 2. The lowest BCUT2D eigenvalue weighted by Gasteiger charge is -2.14. The first kappa shape index (κ1) is 17.8. The monoisotopic (exact) mass is 396 g/mol.